The molecule has 5 nitrogen and oxygen atoms in total. The molecule has 1 amide bonds. The lowest BCUT2D eigenvalue weighted by Crippen LogP contribution is -2.31. The normalized spacial score (nSPS) is 13.8. The van der Waals surface area contributed by atoms with Gasteiger partial charge in [0.15, 0.2) is 0 Å². The number of hydrogen-bond acceptors (Lipinski definition) is 3. The molecule has 0 bridgehead atoms. The van der Waals surface area contributed by atoms with Crippen LogP contribution in [0.15, 0.2) is 11.1 Å². The molecule has 0 aromatic heterocycles. The highest BCUT2D eigenvalue weighted by molar-refractivity contribution is 6.01. The summed E-state index contributed by atoms with van der Waals surface area (Å²) in [5, 5.41) is 20.4. The highest BCUT2D eigenvalue weighted by Crippen LogP contribution is 2.10. The molecule has 0 aliphatic rings. The molecule has 0 saturated heterocycles. The number of aliphatic hydroxyl groups excluding tert-OH is 1. The fraction of sp³-hybridized carbons (Fsp3) is 0.692. The lowest BCUT2D eigenvalue weighted by Gasteiger charge is -2.16. The Kier molecular flexibility index (Phi) is 8.03. The lowest BCUT2D eigenvalue weighted by atomic mass is 10.00. The Morgan fingerprint density at radius 1 is 1.17 bits per heavy atom. The van der Waals surface area contributed by atoms with Gasteiger partial charge in [0.25, 0.3) is 0 Å². The van der Waals surface area contributed by atoms with Gasteiger partial charge in [0.05, 0.1) is 0 Å². The summed E-state index contributed by atoms with van der Waals surface area (Å²) in [6, 6.07) is 0. The number of carbonyl (C=O) groups is 2. The number of carboxylic acids is 1. The van der Waals surface area contributed by atoms with Crippen LogP contribution in [0.2, 0.25) is 0 Å². The van der Waals surface area contributed by atoms with Crippen molar-refractivity contribution in [1.82, 2.24) is 5.32 Å². The zero-order valence-corrected chi connectivity index (χ0v) is 11.3. The largest absolute Gasteiger partial charge is 0.478 e. The first kappa shape index (κ1) is 16.6. The van der Waals surface area contributed by atoms with Crippen molar-refractivity contribution in [3.63, 3.8) is 0 Å². The van der Waals surface area contributed by atoms with Crippen LogP contribution in [0.4, 0.5) is 0 Å². The predicted molar refractivity (Wildman–Crippen MR) is 69.1 cm³/mol. The Hall–Kier alpha value is -1.36. The first-order chi connectivity index (χ1) is 8.43. The molecule has 0 heterocycles. The summed E-state index contributed by atoms with van der Waals surface area (Å²) < 4.78 is 0. The van der Waals surface area contributed by atoms with E-state index in [-0.39, 0.29) is 29.6 Å². The molecule has 0 spiro atoms. The van der Waals surface area contributed by atoms with E-state index >= 15 is 0 Å². The van der Waals surface area contributed by atoms with Gasteiger partial charge in [0.2, 0.25) is 5.91 Å². The molecule has 104 valence electrons. The van der Waals surface area contributed by atoms with Crippen LogP contribution in [0.3, 0.4) is 0 Å². The van der Waals surface area contributed by atoms with Crippen molar-refractivity contribution in [2.75, 3.05) is 13.2 Å². The van der Waals surface area contributed by atoms with Gasteiger partial charge in [-0.05, 0) is 32.6 Å². The van der Waals surface area contributed by atoms with Crippen molar-refractivity contribution in [2.24, 2.45) is 5.92 Å². The van der Waals surface area contributed by atoms with Gasteiger partial charge < -0.3 is 15.5 Å². The molecule has 0 aliphatic carbocycles. The van der Waals surface area contributed by atoms with E-state index in [0.717, 1.165) is 12.8 Å². The maximum atomic E-state index is 11.7. The van der Waals surface area contributed by atoms with Gasteiger partial charge in [0.1, 0.15) is 0 Å². The Balaban J connectivity index is 4.39. The van der Waals surface area contributed by atoms with E-state index in [2.05, 4.69) is 5.32 Å². The summed E-state index contributed by atoms with van der Waals surface area (Å²) >= 11 is 0. The third kappa shape index (κ3) is 5.82. The number of rotatable bonds is 8. The van der Waals surface area contributed by atoms with E-state index in [9.17, 15) is 9.59 Å². The van der Waals surface area contributed by atoms with Crippen molar-refractivity contribution in [2.45, 2.75) is 40.0 Å². The summed E-state index contributed by atoms with van der Waals surface area (Å²) in [7, 11) is 0. The lowest BCUT2D eigenvalue weighted by molar-refractivity contribution is -0.133. The zero-order chi connectivity index (χ0) is 14.1. The summed E-state index contributed by atoms with van der Waals surface area (Å²) in [5.74, 6) is -1.20. The van der Waals surface area contributed by atoms with Gasteiger partial charge in [-0.3, -0.25) is 4.79 Å². The van der Waals surface area contributed by atoms with Crippen molar-refractivity contribution >= 4 is 11.9 Å². The molecule has 0 radical (unpaired) electrons. The Morgan fingerprint density at radius 2 is 1.78 bits per heavy atom. The first-order valence-electron chi connectivity index (χ1n) is 6.23. The number of carboxylic acid groups (broad SMARTS) is 1. The van der Waals surface area contributed by atoms with E-state index < -0.39 is 5.97 Å². The van der Waals surface area contributed by atoms with Crippen LogP contribution in [0, 0.1) is 5.92 Å². The van der Waals surface area contributed by atoms with E-state index in [1.807, 2.05) is 6.92 Å². The molecule has 0 saturated carbocycles. The second-order valence-corrected chi connectivity index (χ2v) is 4.43. The molecule has 0 aromatic rings. The molecular weight excluding hydrogens is 234 g/mol. The quantitative estimate of drug-likeness (QED) is 0.572. The summed E-state index contributed by atoms with van der Waals surface area (Å²) in [6.45, 7) is 5.53. The second kappa shape index (κ2) is 8.69. The van der Waals surface area contributed by atoms with Crippen LogP contribution in [0.5, 0.6) is 0 Å². The Labute approximate surface area is 108 Å². The summed E-state index contributed by atoms with van der Waals surface area (Å²) in [5.41, 5.74) is 0.281. The number of aliphatic hydroxyl groups is 1. The molecule has 0 aliphatic heterocycles. The molecule has 3 N–H and O–H groups in total. The molecule has 1 unspecified atom stereocenters. The number of carbonyl (C=O) groups excluding carboxylic acids is 1. The van der Waals surface area contributed by atoms with Crippen LogP contribution >= 0.6 is 0 Å². The van der Waals surface area contributed by atoms with E-state index in [4.69, 9.17) is 10.2 Å². The number of hydrogen-bond donors (Lipinski definition) is 3. The minimum absolute atomic E-state index is 0.0571. The van der Waals surface area contributed by atoms with Crippen LogP contribution in [0.1, 0.15) is 40.0 Å². The van der Waals surface area contributed by atoms with Gasteiger partial charge in [-0.2, -0.15) is 0 Å². The second-order valence-electron chi connectivity index (χ2n) is 4.43. The molecule has 0 aromatic carbocycles. The zero-order valence-electron chi connectivity index (χ0n) is 11.3. The van der Waals surface area contributed by atoms with Gasteiger partial charge in [-0.25, -0.2) is 4.79 Å². The van der Waals surface area contributed by atoms with Crippen LogP contribution < -0.4 is 5.32 Å². The molecule has 0 fully saturated rings. The van der Waals surface area contributed by atoms with Crippen molar-refractivity contribution in [3.05, 3.63) is 11.1 Å². The fourth-order valence-electron chi connectivity index (χ4n) is 1.64. The Morgan fingerprint density at radius 3 is 2.22 bits per heavy atom. The average molecular weight is 257 g/mol. The first-order valence-corrected chi connectivity index (χ1v) is 6.23. The number of nitrogens with one attached hydrogen (secondary N) is 1. The minimum atomic E-state index is -1.08. The maximum Gasteiger partial charge on any atom is 0.331 e. The average Bonchev–Trinajstić information content (AvgIpc) is 2.34. The van der Waals surface area contributed by atoms with Gasteiger partial charge >= 0.3 is 5.97 Å². The third-order valence-corrected chi connectivity index (χ3v) is 3.01. The van der Waals surface area contributed by atoms with Crippen LogP contribution in [-0.2, 0) is 9.59 Å². The van der Waals surface area contributed by atoms with Crippen molar-refractivity contribution in [3.8, 4) is 0 Å². The molecule has 18 heavy (non-hydrogen) atoms. The van der Waals surface area contributed by atoms with Crippen molar-refractivity contribution in [1.29, 1.82) is 0 Å². The minimum Gasteiger partial charge on any atom is -0.478 e. The Bertz CT molecular complexity index is 317. The van der Waals surface area contributed by atoms with E-state index in [1.54, 1.807) is 0 Å². The highest BCUT2D eigenvalue weighted by Gasteiger charge is 2.14. The topological polar surface area (TPSA) is 86.6 Å². The van der Waals surface area contributed by atoms with E-state index in [1.165, 1.54) is 13.8 Å². The molecular formula is C13H23NO4. The highest BCUT2D eigenvalue weighted by atomic mass is 16.4. The number of aliphatic carboxylic acids is 1. The predicted octanol–water partition coefficient (Wildman–Crippen LogP) is 1.32. The van der Waals surface area contributed by atoms with Crippen molar-refractivity contribution < 1.29 is 19.8 Å². The maximum absolute atomic E-state index is 11.7. The smallest absolute Gasteiger partial charge is 0.331 e. The summed E-state index contributed by atoms with van der Waals surface area (Å²) in [4.78, 5) is 22.4. The van der Waals surface area contributed by atoms with Gasteiger partial charge in [0, 0.05) is 24.3 Å². The van der Waals surface area contributed by atoms with Crippen LogP contribution in [-0.4, -0.2) is 35.2 Å². The fourth-order valence-corrected chi connectivity index (χ4v) is 1.64. The van der Waals surface area contributed by atoms with Crippen LogP contribution in [0.25, 0.3) is 0 Å². The monoisotopic (exact) mass is 257 g/mol. The van der Waals surface area contributed by atoms with Gasteiger partial charge in [-0.15, -0.1) is 0 Å². The standard InChI is InChI=1S/C13H23NO4/c1-4-5-11(6-7-15)8-14-12(16)9(2)10(3)13(17)18/h11,15H,4-8H2,1-3H3,(H,14,16)(H,17,18). The molecule has 1 atom stereocenters. The van der Waals surface area contributed by atoms with E-state index in [0.29, 0.717) is 13.0 Å². The SMILES string of the molecule is CCCC(CCO)CNC(=O)C(C)=C(C)C(=O)O. The molecule has 0 rings (SSSR count). The number of amides is 1. The summed E-state index contributed by atoms with van der Waals surface area (Å²) in [6.07, 6.45) is 2.57. The third-order valence-electron chi connectivity index (χ3n) is 3.01. The molecule has 5 heteroatoms. The van der Waals surface area contributed by atoms with Gasteiger partial charge in [-0.1, -0.05) is 13.3 Å².